The molecule has 0 aliphatic rings. The Hall–Kier alpha value is -2.43. The van der Waals surface area contributed by atoms with E-state index in [1.165, 1.54) is 11.7 Å². The zero-order valence-electron chi connectivity index (χ0n) is 8.33. The first kappa shape index (κ1) is 10.1. The number of H-pyrrole nitrogens is 1. The van der Waals surface area contributed by atoms with Crippen LogP contribution in [0.15, 0.2) is 58.2 Å². The minimum absolute atomic E-state index is 0.588. The van der Waals surface area contributed by atoms with Crippen LogP contribution in [0, 0.1) is 0 Å². The number of fused-ring (bicyclic) bond motifs is 1. The number of pyridine rings is 1. The average molecular weight is 215 g/mol. The summed E-state index contributed by atoms with van der Waals surface area (Å²) in [6.45, 7) is 0. The van der Waals surface area contributed by atoms with Crippen LogP contribution in [0.2, 0.25) is 0 Å². The molecule has 3 aromatic rings. The standard InChI is InChI=1S/C9H7N.C2H2N2O2/c1-2-6-9-8(4-1)5-3-7-10-9;5-2-3-1-4-6-2/h1-7H;1H,(H,3,4,5). The molecule has 0 atom stereocenters. The molecule has 0 aliphatic carbocycles. The molecule has 1 aromatic carbocycles. The SMILES string of the molecule is O=c1nc[nH]o1.c1ccc2ncccc2c1. The number of benzene rings is 1. The van der Waals surface area contributed by atoms with Crippen LogP contribution in [-0.4, -0.2) is 15.1 Å². The molecule has 2 aromatic heterocycles. The van der Waals surface area contributed by atoms with Crippen molar-refractivity contribution in [3.8, 4) is 0 Å². The molecule has 0 saturated carbocycles. The summed E-state index contributed by atoms with van der Waals surface area (Å²) in [7, 11) is 0. The summed E-state index contributed by atoms with van der Waals surface area (Å²) < 4.78 is 4.04. The first-order valence-corrected chi connectivity index (χ1v) is 4.65. The quantitative estimate of drug-likeness (QED) is 0.618. The Morgan fingerprint density at radius 1 is 1.06 bits per heavy atom. The second-order valence-corrected chi connectivity index (χ2v) is 2.94. The number of aromatic amines is 1. The summed E-state index contributed by atoms with van der Waals surface area (Å²) in [5.41, 5.74) is 1.06. The van der Waals surface area contributed by atoms with Gasteiger partial charge in [-0.2, -0.15) is 4.98 Å². The number of aromatic nitrogens is 3. The number of hydrogen-bond donors (Lipinski definition) is 1. The molecule has 16 heavy (non-hydrogen) atoms. The van der Waals surface area contributed by atoms with Gasteiger partial charge in [-0.1, -0.05) is 24.3 Å². The van der Waals surface area contributed by atoms with Crippen molar-refractivity contribution in [1.29, 1.82) is 0 Å². The molecule has 0 spiro atoms. The van der Waals surface area contributed by atoms with Crippen LogP contribution in [-0.2, 0) is 0 Å². The fraction of sp³-hybridized carbons (Fsp3) is 0. The summed E-state index contributed by atoms with van der Waals surface area (Å²) in [6.07, 6.45) is 2.99. The van der Waals surface area contributed by atoms with E-state index < -0.39 is 5.76 Å². The zero-order chi connectivity index (χ0) is 11.2. The Balaban J connectivity index is 0.000000138. The van der Waals surface area contributed by atoms with Crippen LogP contribution in [0.5, 0.6) is 0 Å². The van der Waals surface area contributed by atoms with Gasteiger partial charge in [0.1, 0.15) is 6.33 Å². The number of para-hydroxylation sites is 1. The van der Waals surface area contributed by atoms with Gasteiger partial charge in [-0.25, -0.2) is 9.95 Å². The first-order valence-electron chi connectivity index (χ1n) is 4.65. The highest BCUT2D eigenvalue weighted by Crippen LogP contribution is 2.07. The Bertz CT molecular complexity index is 533. The van der Waals surface area contributed by atoms with Crippen LogP contribution < -0.4 is 5.76 Å². The van der Waals surface area contributed by atoms with Crippen LogP contribution in [0.25, 0.3) is 10.9 Å². The Morgan fingerprint density at radius 2 is 1.88 bits per heavy atom. The van der Waals surface area contributed by atoms with E-state index in [0.29, 0.717) is 0 Å². The number of nitrogens with zero attached hydrogens (tertiary/aromatic N) is 2. The topological polar surface area (TPSA) is 71.8 Å². The predicted molar refractivity (Wildman–Crippen MR) is 58.9 cm³/mol. The summed E-state index contributed by atoms with van der Waals surface area (Å²) in [4.78, 5) is 17.1. The van der Waals surface area contributed by atoms with Gasteiger partial charge in [0.05, 0.1) is 5.52 Å². The average Bonchev–Trinajstić information content (AvgIpc) is 2.81. The molecule has 5 heteroatoms. The molecule has 0 unspecified atom stereocenters. The van der Waals surface area contributed by atoms with Crippen molar-refractivity contribution in [3.63, 3.8) is 0 Å². The maximum Gasteiger partial charge on any atom is 0.459 e. The lowest BCUT2D eigenvalue weighted by atomic mass is 10.2. The number of hydrogen-bond acceptors (Lipinski definition) is 4. The monoisotopic (exact) mass is 215 g/mol. The molecule has 0 aliphatic heterocycles. The molecule has 80 valence electrons. The van der Waals surface area contributed by atoms with E-state index in [9.17, 15) is 4.79 Å². The molecule has 3 rings (SSSR count). The van der Waals surface area contributed by atoms with Crippen molar-refractivity contribution >= 4 is 10.9 Å². The van der Waals surface area contributed by atoms with Gasteiger partial charge < -0.3 is 4.52 Å². The fourth-order valence-electron chi connectivity index (χ4n) is 1.20. The summed E-state index contributed by atoms with van der Waals surface area (Å²) >= 11 is 0. The Labute approximate surface area is 90.7 Å². The highest BCUT2D eigenvalue weighted by molar-refractivity contribution is 5.77. The molecule has 5 nitrogen and oxygen atoms in total. The van der Waals surface area contributed by atoms with Crippen molar-refractivity contribution < 1.29 is 4.52 Å². The molecule has 0 bridgehead atoms. The van der Waals surface area contributed by atoms with Gasteiger partial charge in [-0.15, -0.1) is 0 Å². The van der Waals surface area contributed by atoms with E-state index in [1.54, 1.807) is 0 Å². The molecule has 0 fully saturated rings. The Kier molecular flexibility index (Phi) is 3.08. The van der Waals surface area contributed by atoms with Crippen LogP contribution in [0.1, 0.15) is 0 Å². The van der Waals surface area contributed by atoms with E-state index in [2.05, 4.69) is 31.8 Å². The van der Waals surface area contributed by atoms with E-state index in [0.717, 1.165) is 5.52 Å². The number of nitrogens with one attached hydrogen (secondary N) is 1. The van der Waals surface area contributed by atoms with Crippen molar-refractivity contribution in [2.24, 2.45) is 0 Å². The van der Waals surface area contributed by atoms with Gasteiger partial charge in [0.15, 0.2) is 0 Å². The smallest absolute Gasteiger partial charge is 0.322 e. The lowest BCUT2D eigenvalue weighted by Gasteiger charge is -1.91. The molecule has 2 heterocycles. The van der Waals surface area contributed by atoms with Gasteiger partial charge in [-0.05, 0) is 12.1 Å². The van der Waals surface area contributed by atoms with Crippen LogP contribution in [0.4, 0.5) is 0 Å². The lowest BCUT2D eigenvalue weighted by Crippen LogP contribution is -1.92. The molecule has 0 saturated heterocycles. The Morgan fingerprint density at radius 3 is 2.50 bits per heavy atom. The van der Waals surface area contributed by atoms with Crippen molar-refractivity contribution in [2.75, 3.05) is 0 Å². The zero-order valence-corrected chi connectivity index (χ0v) is 8.33. The summed E-state index contributed by atoms with van der Waals surface area (Å²) in [6, 6.07) is 12.1. The molecular weight excluding hydrogens is 206 g/mol. The summed E-state index contributed by atoms with van der Waals surface area (Å²) in [5, 5.41) is 3.33. The third-order valence-corrected chi connectivity index (χ3v) is 1.88. The largest absolute Gasteiger partial charge is 0.459 e. The maximum absolute atomic E-state index is 9.76. The molecular formula is C11H9N3O2. The molecule has 0 amide bonds. The second-order valence-electron chi connectivity index (χ2n) is 2.94. The predicted octanol–water partition coefficient (Wildman–Crippen LogP) is 1.60. The minimum atomic E-state index is -0.588. The van der Waals surface area contributed by atoms with Crippen molar-refractivity contribution in [2.45, 2.75) is 0 Å². The van der Waals surface area contributed by atoms with E-state index in [1.807, 2.05) is 30.5 Å². The van der Waals surface area contributed by atoms with Gasteiger partial charge in [-0.3, -0.25) is 4.98 Å². The van der Waals surface area contributed by atoms with E-state index in [-0.39, 0.29) is 0 Å². The van der Waals surface area contributed by atoms with E-state index >= 15 is 0 Å². The van der Waals surface area contributed by atoms with Crippen LogP contribution in [0.3, 0.4) is 0 Å². The van der Waals surface area contributed by atoms with Gasteiger partial charge >= 0.3 is 5.76 Å². The van der Waals surface area contributed by atoms with E-state index in [4.69, 9.17) is 0 Å². The highest BCUT2D eigenvalue weighted by atomic mass is 16.5. The van der Waals surface area contributed by atoms with Crippen molar-refractivity contribution in [3.05, 3.63) is 59.5 Å². The molecule has 1 N–H and O–H groups in total. The third-order valence-electron chi connectivity index (χ3n) is 1.88. The third kappa shape index (κ3) is 2.54. The van der Waals surface area contributed by atoms with Crippen LogP contribution >= 0.6 is 0 Å². The minimum Gasteiger partial charge on any atom is -0.322 e. The first-order chi connectivity index (χ1) is 7.86. The normalized spacial score (nSPS) is 9.50. The van der Waals surface area contributed by atoms with Crippen molar-refractivity contribution in [1.82, 2.24) is 15.1 Å². The lowest BCUT2D eigenvalue weighted by molar-refractivity contribution is 0.386. The fourth-order valence-corrected chi connectivity index (χ4v) is 1.20. The summed E-state index contributed by atoms with van der Waals surface area (Å²) in [5.74, 6) is -0.588. The van der Waals surface area contributed by atoms with Gasteiger partial charge in [0, 0.05) is 11.6 Å². The van der Waals surface area contributed by atoms with Gasteiger partial charge in [0.25, 0.3) is 0 Å². The second kappa shape index (κ2) is 4.88. The maximum atomic E-state index is 9.76. The highest BCUT2D eigenvalue weighted by Gasteiger charge is 1.86. The molecule has 0 radical (unpaired) electrons. The van der Waals surface area contributed by atoms with Gasteiger partial charge in [0.2, 0.25) is 0 Å². The number of rotatable bonds is 0.